The smallest absolute Gasteiger partial charge is 0.0685 e. The van der Waals surface area contributed by atoms with Gasteiger partial charge in [0.25, 0.3) is 0 Å². The van der Waals surface area contributed by atoms with Gasteiger partial charge in [0.1, 0.15) is 0 Å². The van der Waals surface area contributed by atoms with Crippen molar-refractivity contribution in [3.8, 4) is 0 Å². The Hall–Kier alpha value is -0.0800. The first-order valence-electron chi connectivity index (χ1n) is 8.14. The zero-order valence-electron chi connectivity index (χ0n) is 11.9. The summed E-state index contributed by atoms with van der Waals surface area (Å²) >= 11 is 0. The van der Waals surface area contributed by atoms with Crippen LogP contribution in [0.4, 0.5) is 0 Å². The number of nitrogens with one attached hydrogen (secondary N) is 1. The molecule has 3 unspecified atom stereocenters. The zero-order valence-corrected chi connectivity index (χ0v) is 11.9. The van der Waals surface area contributed by atoms with Gasteiger partial charge in [-0.25, -0.2) is 0 Å². The summed E-state index contributed by atoms with van der Waals surface area (Å²) in [6.07, 6.45) is 13.8. The highest BCUT2D eigenvalue weighted by Crippen LogP contribution is 2.46. The van der Waals surface area contributed by atoms with Crippen molar-refractivity contribution in [2.24, 2.45) is 11.8 Å². The third-order valence-electron chi connectivity index (χ3n) is 5.84. The van der Waals surface area contributed by atoms with Crippen LogP contribution in [0.2, 0.25) is 0 Å². The molecular weight excluding hydrogens is 222 g/mol. The largest absolute Gasteiger partial charge is 0.375 e. The van der Waals surface area contributed by atoms with Crippen LogP contribution in [-0.2, 0) is 4.74 Å². The van der Waals surface area contributed by atoms with Crippen LogP contribution in [0, 0.1) is 11.8 Å². The van der Waals surface area contributed by atoms with E-state index in [1.54, 1.807) is 0 Å². The van der Waals surface area contributed by atoms with Gasteiger partial charge in [0.05, 0.1) is 5.60 Å². The molecule has 1 aliphatic heterocycles. The van der Waals surface area contributed by atoms with Gasteiger partial charge in [-0.2, -0.15) is 0 Å². The van der Waals surface area contributed by atoms with Crippen molar-refractivity contribution in [3.63, 3.8) is 0 Å². The molecule has 3 rings (SSSR count). The molecule has 1 heterocycles. The summed E-state index contributed by atoms with van der Waals surface area (Å²) in [5.41, 5.74) is 0.294. The summed E-state index contributed by atoms with van der Waals surface area (Å²) in [7, 11) is 2.15. The van der Waals surface area contributed by atoms with Gasteiger partial charge in [-0.1, -0.05) is 25.7 Å². The van der Waals surface area contributed by atoms with Crippen molar-refractivity contribution < 1.29 is 4.74 Å². The van der Waals surface area contributed by atoms with Gasteiger partial charge in [-0.15, -0.1) is 0 Å². The van der Waals surface area contributed by atoms with Crippen molar-refractivity contribution in [2.75, 3.05) is 13.7 Å². The third kappa shape index (κ3) is 2.46. The second-order valence-corrected chi connectivity index (χ2v) is 6.83. The molecule has 3 fully saturated rings. The maximum absolute atomic E-state index is 6.24. The van der Waals surface area contributed by atoms with Gasteiger partial charge < -0.3 is 10.1 Å². The molecule has 1 spiro atoms. The van der Waals surface area contributed by atoms with E-state index >= 15 is 0 Å². The van der Waals surface area contributed by atoms with Gasteiger partial charge in [0.2, 0.25) is 0 Å². The second-order valence-electron chi connectivity index (χ2n) is 6.83. The van der Waals surface area contributed by atoms with E-state index in [9.17, 15) is 0 Å². The summed E-state index contributed by atoms with van der Waals surface area (Å²) in [5.74, 6) is 1.86. The summed E-state index contributed by atoms with van der Waals surface area (Å²) in [6.45, 7) is 1.03. The monoisotopic (exact) mass is 251 g/mol. The highest BCUT2D eigenvalue weighted by Gasteiger charge is 2.43. The van der Waals surface area contributed by atoms with Crippen LogP contribution >= 0.6 is 0 Å². The molecule has 2 aliphatic carbocycles. The SMILES string of the molecule is CNC1CCCC1C1CCOC2(CCCCC2)C1. The van der Waals surface area contributed by atoms with Gasteiger partial charge in [0.15, 0.2) is 0 Å². The number of hydrogen-bond acceptors (Lipinski definition) is 2. The van der Waals surface area contributed by atoms with Crippen molar-refractivity contribution in [1.82, 2.24) is 5.32 Å². The molecule has 104 valence electrons. The lowest BCUT2D eigenvalue weighted by Crippen LogP contribution is -2.45. The molecule has 2 saturated carbocycles. The fraction of sp³-hybridized carbons (Fsp3) is 1.00. The lowest BCUT2D eigenvalue weighted by atomic mass is 9.71. The van der Waals surface area contributed by atoms with Gasteiger partial charge in [-0.3, -0.25) is 0 Å². The third-order valence-corrected chi connectivity index (χ3v) is 5.84. The molecule has 0 radical (unpaired) electrons. The highest BCUT2D eigenvalue weighted by atomic mass is 16.5. The second kappa shape index (κ2) is 5.50. The summed E-state index contributed by atoms with van der Waals surface area (Å²) in [5, 5.41) is 3.56. The molecule has 0 aromatic heterocycles. The average molecular weight is 251 g/mol. The van der Waals surface area contributed by atoms with Crippen LogP contribution < -0.4 is 5.32 Å². The maximum atomic E-state index is 6.24. The Balaban J connectivity index is 1.66. The van der Waals surface area contributed by atoms with E-state index < -0.39 is 0 Å². The van der Waals surface area contributed by atoms with Gasteiger partial charge >= 0.3 is 0 Å². The lowest BCUT2D eigenvalue weighted by Gasteiger charge is -2.46. The van der Waals surface area contributed by atoms with Crippen molar-refractivity contribution >= 4 is 0 Å². The van der Waals surface area contributed by atoms with Crippen molar-refractivity contribution in [2.45, 2.75) is 75.9 Å². The minimum Gasteiger partial charge on any atom is -0.375 e. The summed E-state index contributed by atoms with van der Waals surface area (Å²) < 4.78 is 6.24. The minimum absolute atomic E-state index is 0.294. The fourth-order valence-electron chi connectivity index (χ4n) is 4.89. The molecule has 0 aromatic carbocycles. The Morgan fingerprint density at radius 1 is 1.00 bits per heavy atom. The Morgan fingerprint density at radius 2 is 1.83 bits per heavy atom. The zero-order chi connectivity index (χ0) is 12.4. The molecule has 18 heavy (non-hydrogen) atoms. The molecular formula is C16H29NO. The van der Waals surface area contributed by atoms with Crippen LogP contribution in [0.15, 0.2) is 0 Å². The predicted octanol–water partition coefficient (Wildman–Crippen LogP) is 3.50. The number of hydrogen-bond donors (Lipinski definition) is 1. The normalized spacial score (nSPS) is 40.2. The fourth-order valence-corrected chi connectivity index (χ4v) is 4.89. The first kappa shape index (κ1) is 12.9. The van der Waals surface area contributed by atoms with Crippen LogP contribution in [0.5, 0.6) is 0 Å². The molecule has 1 N–H and O–H groups in total. The molecule has 3 aliphatic rings. The van der Waals surface area contributed by atoms with E-state index in [2.05, 4.69) is 12.4 Å². The van der Waals surface area contributed by atoms with E-state index in [1.807, 2.05) is 0 Å². The minimum atomic E-state index is 0.294. The van der Waals surface area contributed by atoms with E-state index in [4.69, 9.17) is 4.74 Å². The number of ether oxygens (including phenoxy) is 1. The summed E-state index contributed by atoms with van der Waals surface area (Å²) in [6, 6.07) is 0.786. The lowest BCUT2D eigenvalue weighted by molar-refractivity contribution is -0.125. The molecule has 1 saturated heterocycles. The van der Waals surface area contributed by atoms with E-state index in [0.717, 1.165) is 24.5 Å². The molecule has 2 nitrogen and oxygen atoms in total. The van der Waals surface area contributed by atoms with Crippen LogP contribution in [0.1, 0.15) is 64.2 Å². The highest BCUT2D eigenvalue weighted by molar-refractivity contribution is 4.95. The van der Waals surface area contributed by atoms with Gasteiger partial charge in [-0.05, 0) is 57.4 Å². The van der Waals surface area contributed by atoms with Gasteiger partial charge in [0, 0.05) is 12.6 Å². The number of rotatable bonds is 2. The first-order chi connectivity index (χ1) is 8.83. The molecule has 0 aromatic rings. The Kier molecular flexibility index (Phi) is 3.95. The molecule has 2 heteroatoms. The van der Waals surface area contributed by atoms with Crippen molar-refractivity contribution in [1.29, 1.82) is 0 Å². The quantitative estimate of drug-likeness (QED) is 0.811. The van der Waals surface area contributed by atoms with E-state index in [1.165, 1.54) is 64.2 Å². The molecule has 3 atom stereocenters. The first-order valence-corrected chi connectivity index (χ1v) is 8.14. The topological polar surface area (TPSA) is 21.3 Å². The predicted molar refractivity (Wildman–Crippen MR) is 74.7 cm³/mol. The maximum Gasteiger partial charge on any atom is 0.0685 e. The van der Waals surface area contributed by atoms with Crippen LogP contribution in [-0.4, -0.2) is 25.3 Å². The van der Waals surface area contributed by atoms with E-state index in [0.29, 0.717) is 5.60 Å². The van der Waals surface area contributed by atoms with E-state index in [-0.39, 0.29) is 0 Å². The Morgan fingerprint density at radius 3 is 2.61 bits per heavy atom. The average Bonchev–Trinajstić information content (AvgIpc) is 2.88. The molecule has 0 bridgehead atoms. The van der Waals surface area contributed by atoms with Crippen LogP contribution in [0.25, 0.3) is 0 Å². The molecule has 0 amide bonds. The van der Waals surface area contributed by atoms with Crippen molar-refractivity contribution in [3.05, 3.63) is 0 Å². The summed E-state index contributed by atoms with van der Waals surface area (Å²) in [4.78, 5) is 0. The Bertz CT molecular complexity index is 267. The standard InChI is InChI=1S/C16H29NO/c1-17-15-7-5-6-14(15)13-8-11-18-16(12-13)9-3-2-4-10-16/h13-15,17H,2-12H2,1H3. The van der Waals surface area contributed by atoms with Crippen LogP contribution in [0.3, 0.4) is 0 Å². The Labute approximate surface area is 112 Å².